The molecule has 0 amide bonds. The summed E-state index contributed by atoms with van der Waals surface area (Å²) in [4.78, 5) is 0. The molecule has 0 spiro atoms. The highest BCUT2D eigenvalue weighted by Gasteiger charge is 2.17. The van der Waals surface area contributed by atoms with Crippen molar-refractivity contribution in [1.82, 2.24) is 0 Å². The number of nitrogens with two attached hydrogens (primary N) is 1. The Morgan fingerprint density at radius 2 is 2.12 bits per heavy atom. The molecule has 0 aliphatic carbocycles. The molecule has 2 rings (SSSR count). The topological polar surface area (TPSA) is 53.7 Å². The smallest absolute Gasteiger partial charge is 0.231 e. The molecule has 5 heteroatoms. The molecule has 1 aliphatic heterocycles. The summed E-state index contributed by atoms with van der Waals surface area (Å²) in [7, 11) is 0. The molecule has 0 fully saturated rings. The lowest BCUT2D eigenvalue weighted by atomic mass is 10.1. The fraction of sp³-hybridized carbons (Fsp3) is 0.333. The van der Waals surface area contributed by atoms with Crippen LogP contribution in [-0.2, 0) is 6.42 Å². The minimum absolute atomic E-state index is 0.252. The molecule has 17 heavy (non-hydrogen) atoms. The molecule has 92 valence electrons. The van der Waals surface area contributed by atoms with Crippen molar-refractivity contribution in [3.8, 4) is 17.2 Å². The zero-order chi connectivity index (χ0) is 12.1. The Morgan fingerprint density at radius 3 is 2.82 bits per heavy atom. The zero-order valence-corrected chi connectivity index (χ0v) is 10.1. The van der Waals surface area contributed by atoms with Crippen LogP contribution in [0.1, 0.15) is 5.56 Å². The summed E-state index contributed by atoms with van der Waals surface area (Å²) in [6.07, 6.45) is 2.45. The summed E-state index contributed by atoms with van der Waals surface area (Å²) in [6.45, 7) is 1.23. The predicted octanol–water partition coefficient (Wildman–Crippen LogP) is 2.05. The Balaban J connectivity index is 2.21. The van der Waals surface area contributed by atoms with E-state index in [0.29, 0.717) is 18.9 Å². The average Bonchev–Trinajstić information content (AvgIpc) is 2.77. The van der Waals surface area contributed by atoms with Crippen molar-refractivity contribution in [2.75, 3.05) is 19.9 Å². The molecular formula is C12H14ClNO3. The number of benzene rings is 1. The average molecular weight is 256 g/mol. The van der Waals surface area contributed by atoms with Crippen LogP contribution in [-0.4, -0.2) is 19.9 Å². The maximum atomic E-state index is 5.59. The summed E-state index contributed by atoms with van der Waals surface area (Å²) >= 11 is 5.44. The standard InChI is InChI=1S/C12H14ClNO3/c13-3-1-5-15-10-7-12-11(16-8-17-12)6-9(10)2-4-14/h1,3,6-7H,2,4-5,8,14H2/b3-1+. The van der Waals surface area contributed by atoms with Crippen molar-refractivity contribution in [3.63, 3.8) is 0 Å². The molecule has 0 bridgehead atoms. The van der Waals surface area contributed by atoms with E-state index in [1.165, 1.54) is 5.54 Å². The van der Waals surface area contributed by atoms with Crippen LogP contribution < -0.4 is 19.9 Å². The molecule has 1 aromatic rings. The molecular weight excluding hydrogens is 242 g/mol. The SMILES string of the molecule is NCCc1cc2c(cc1OC/C=C/Cl)OCO2. The third kappa shape index (κ3) is 2.84. The van der Waals surface area contributed by atoms with E-state index in [9.17, 15) is 0 Å². The second kappa shape index (κ2) is 5.80. The van der Waals surface area contributed by atoms with Crippen molar-refractivity contribution >= 4 is 11.6 Å². The normalized spacial score (nSPS) is 13.3. The van der Waals surface area contributed by atoms with Gasteiger partial charge < -0.3 is 19.9 Å². The van der Waals surface area contributed by atoms with Gasteiger partial charge >= 0.3 is 0 Å². The minimum Gasteiger partial charge on any atom is -0.489 e. The maximum absolute atomic E-state index is 5.59. The lowest BCUT2D eigenvalue weighted by molar-refractivity contribution is 0.174. The zero-order valence-electron chi connectivity index (χ0n) is 9.32. The van der Waals surface area contributed by atoms with Gasteiger partial charge in [0.1, 0.15) is 12.4 Å². The number of halogens is 1. The third-order valence-corrected chi connectivity index (χ3v) is 2.57. The van der Waals surface area contributed by atoms with Crippen LogP contribution in [0.5, 0.6) is 17.2 Å². The highest BCUT2D eigenvalue weighted by Crippen LogP contribution is 2.38. The van der Waals surface area contributed by atoms with Gasteiger partial charge in [-0.25, -0.2) is 0 Å². The number of hydrogen-bond acceptors (Lipinski definition) is 4. The quantitative estimate of drug-likeness (QED) is 0.875. The number of hydrogen-bond donors (Lipinski definition) is 1. The second-order valence-corrected chi connectivity index (χ2v) is 3.78. The molecule has 0 atom stereocenters. The van der Waals surface area contributed by atoms with Gasteiger partial charge in [-0.15, -0.1) is 0 Å². The second-order valence-electron chi connectivity index (χ2n) is 3.52. The van der Waals surface area contributed by atoms with Gasteiger partial charge in [0.15, 0.2) is 11.5 Å². The fourth-order valence-electron chi connectivity index (χ4n) is 1.62. The maximum Gasteiger partial charge on any atom is 0.231 e. The van der Waals surface area contributed by atoms with Crippen LogP contribution in [0.15, 0.2) is 23.7 Å². The Bertz CT molecular complexity index is 420. The van der Waals surface area contributed by atoms with Gasteiger partial charge in [0, 0.05) is 11.6 Å². The van der Waals surface area contributed by atoms with Gasteiger partial charge in [0.25, 0.3) is 0 Å². The lowest BCUT2D eigenvalue weighted by Gasteiger charge is -2.10. The van der Waals surface area contributed by atoms with Crippen LogP contribution in [0.3, 0.4) is 0 Å². The van der Waals surface area contributed by atoms with Crippen LogP contribution >= 0.6 is 11.6 Å². The Kier molecular flexibility index (Phi) is 4.12. The molecule has 2 N–H and O–H groups in total. The molecule has 0 radical (unpaired) electrons. The van der Waals surface area contributed by atoms with Crippen LogP contribution in [0.25, 0.3) is 0 Å². The molecule has 0 saturated carbocycles. The molecule has 0 aromatic heterocycles. The van der Waals surface area contributed by atoms with Crippen LogP contribution in [0.2, 0.25) is 0 Å². The van der Waals surface area contributed by atoms with Gasteiger partial charge in [-0.05, 0) is 30.7 Å². The molecule has 0 saturated heterocycles. The predicted molar refractivity (Wildman–Crippen MR) is 65.8 cm³/mol. The summed E-state index contributed by atoms with van der Waals surface area (Å²) in [5, 5.41) is 0. The molecule has 1 aromatic carbocycles. The summed E-state index contributed by atoms with van der Waals surface area (Å²) in [5.74, 6) is 2.21. The highest BCUT2D eigenvalue weighted by molar-refractivity contribution is 6.25. The van der Waals surface area contributed by atoms with E-state index < -0.39 is 0 Å². The first-order valence-electron chi connectivity index (χ1n) is 5.35. The monoisotopic (exact) mass is 255 g/mol. The van der Waals surface area contributed by atoms with Gasteiger partial charge in [0.05, 0.1) is 0 Å². The largest absolute Gasteiger partial charge is 0.489 e. The molecule has 1 aliphatic rings. The van der Waals surface area contributed by atoms with E-state index in [1.807, 2.05) is 12.1 Å². The first-order chi connectivity index (χ1) is 8.35. The first-order valence-corrected chi connectivity index (χ1v) is 5.79. The Morgan fingerprint density at radius 1 is 1.35 bits per heavy atom. The van der Waals surface area contributed by atoms with Crippen molar-refractivity contribution in [2.45, 2.75) is 6.42 Å². The molecule has 4 nitrogen and oxygen atoms in total. The van der Waals surface area contributed by atoms with E-state index >= 15 is 0 Å². The Hall–Kier alpha value is -1.39. The van der Waals surface area contributed by atoms with Gasteiger partial charge in [-0.1, -0.05) is 11.6 Å². The van der Waals surface area contributed by atoms with E-state index in [-0.39, 0.29) is 6.79 Å². The van der Waals surface area contributed by atoms with Crippen molar-refractivity contribution in [1.29, 1.82) is 0 Å². The van der Waals surface area contributed by atoms with Crippen molar-refractivity contribution < 1.29 is 14.2 Å². The Labute approximate surface area is 105 Å². The minimum atomic E-state index is 0.252. The third-order valence-electron chi connectivity index (χ3n) is 2.39. The van der Waals surface area contributed by atoms with Gasteiger partial charge in [0.2, 0.25) is 6.79 Å². The van der Waals surface area contributed by atoms with Gasteiger partial charge in [-0.2, -0.15) is 0 Å². The first kappa shape index (κ1) is 12.1. The van der Waals surface area contributed by atoms with Gasteiger partial charge in [-0.3, -0.25) is 0 Å². The van der Waals surface area contributed by atoms with Crippen LogP contribution in [0, 0.1) is 0 Å². The van der Waals surface area contributed by atoms with Crippen LogP contribution in [0.4, 0.5) is 0 Å². The van der Waals surface area contributed by atoms with E-state index in [1.54, 1.807) is 6.08 Å². The number of ether oxygens (including phenoxy) is 3. The highest BCUT2D eigenvalue weighted by atomic mass is 35.5. The lowest BCUT2D eigenvalue weighted by Crippen LogP contribution is -2.05. The number of rotatable bonds is 5. The number of fused-ring (bicyclic) bond motifs is 1. The van der Waals surface area contributed by atoms with Crippen molar-refractivity contribution in [2.24, 2.45) is 5.73 Å². The van der Waals surface area contributed by atoms with E-state index in [2.05, 4.69) is 0 Å². The summed E-state index contributed by atoms with van der Waals surface area (Å²) in [6, 6.07) is 3.74. The summed E-state index contributed by atoms with van der Waals surface area (Å²) in [5.41, 5.74) is 8.01. The fourth-order valence-corrected chi connectivity index (χ4v) is 1.70. The van der Waals surface area contributed by atoms with E-state index in [4.69, 9.17) is 31.5 Å². The van der Waals surface area contributed by atoms with E-state index in [0.717, 1.165) is 23.5 Å². The molecule has 1 heterocycles. The van der Waals surface area contributed by atoms with Crippen molar-refractivity contribution in [3.05, 3.63) is 29.3 Å². The summed E-state index contributed by atoms with van der Waals surface area (Å²) < 4.78 is 16.2. The molecule has 0 unspecified atom stereocenters.